The van der Waals surface area contributed by atoms with Gasteiger partial charge in [0.25, 0.3) is 0 Å². The second-order valence-corrected chi connectivity index (χ2v) is 11.6. The van der Waals surface area contributed by atoms with Gasteiger partial charge in [0.2, 0.25) is 0 Å². The fourth-order valence-electron chi connectivity index (χ4n) is 3.67. The normalized spacial score (nSPS) is 11.7. The summed E-state index contributed by atoms with van der Waals surface area (Å²) in [6.07, 6.45) is 0.419. The average molecular weight is 494 g/mol. The molecule has 0 aliphatic heterocycles. The second kappa shape index (κ2) is 8.95. The van der Waals surface area contributed by atoms with E-state index in [-0.39, 0.29) is 12.3 Å². The Morgan fingerprint density at radius 3 is 1.53 bits per heavy atom. The molecule has 4 aromatic carbocycles. The van der Waals surface area contributed by atoms with E-state index in [0.29, 0.717) is 31.2 Å². The summed E-state index contributed by atoms with van der Waals surface area (Å²) in [7, 11) is -3.11. The molecule has 0 bridgehead atoms. The molecule has 0 amide bonds. The molecule has 0 aliphatic rings. The molecule has 4 rings (SSSR count). The van der Waals surface area contributed by atoms with Crippen molar-refractivity contribution in [1.82, 2.24) is 0 Å². The van der Waals surface area contributed by atoms with Gasteiger partial charge in [0.15, 0.2) is 0 Å². The summed E-state index contributed by atoms with van der Waals surface area (Å²) in [6.45, 7) is 0. The van der Waals surface area contributed by atoms with Crippen molar-refractivity contribution in [1.29, 1.82) is 0 Å². The standard InChI is InChI=1S/C24H17Cl4OP/c25-20-9-4-10-21(26)18(20)14-30(29,15-19-22(27)11-5-12-23(19)28)24-13-3-7-16-6-1-2-8-17(16)24/h1-13H,14-15H2. The van der Waals surface area contributed by atoms with Gasteiger partial charge in [-0.15, -0.1) is 0 Å². The van der Waals surface area contributed by atoms with Crippen LogP contribution in [0.1, 0.15) is 11.1 Å². The maximum Gasteiger partial charge on any atom is 0.124 e. The van der Waals surface area contributed by atoms with Crippen molar-refractivity contribution in [3.8, 4) is 0 Å². The van der Waals surface area contributed by atoms with Crippen LogP contribution in [0.3, 0.4) is 0 Å². The Morgan fingerprint density at radius 2 is 1.00 bits per heavy atom. The van der Waals surface area contributed by atoms with Gasteiger partial charge in [0.05, 0.1) is 0 Å². The van der Waals surface area contributed by atoms with Crippen LogP contribution in [0.15, 0.2) is 78.9 Å². The molecule has 0 spiro atoms. The smallest absolute Gasteiger partial charge is 0.124 e. The third-order valence-corrected chi connectivity index (χ3v) is 9.49. The van der Waals surface area contributed by atoms with Crippen molar-refractivity contribution < 1.29 is 4.57 Å². The molecule has 0 saturated carbocycles. The van der Waals surface area contributed by atoms with E-state index >= 15 is 0 Å². The van der Waals surface area contributed by atoms with Crippen molar-refractivity contribution in [2.75, 3.05) is 0 Å². The van der Waals surface area contributed by atoms with Crippen LogP contribution in [-0.4, -0.2) is 0 Å². The summed E-state index contributed by atoms with van der Waals surface area (Å²) in [5, 5.41) is 4.70. The van der Waals surface area contributed by atoms with E-state index in [9.17, 15) is 4.57 Å². The van der Waals surface area contributed by atoms with Crippen LogP contribution in [0.2, 0.25) is 20.1 Å². The van der Waals surface area contributed by atoms with Crippen molar-refractivity contribution in [3.63, 3.8) is 0 Å². The number of fused-ring (bicyclic) bond motifs is 1. The summed E-state index contributed by atoms with van der Waals surface area (Å²) in [6, 6.07) is 24.4. The van der Waals surface area contributed by atoms with E-state index in [1.165, 1.54) is 0 Å². The Hall–Kier alpha value is -1.47. The maximum atomic E-state index is 14.7. The molecular weight excluding hydrogens is 477 g/mol. The Balaban J connectivity index is 1.94. The lowest BCUT2D eigenvalue weighted by Crippen LogP contribution is -2.11. The quantitative estimate of drug-likeness (QED) is 0.254. The molecular formula is C24H17Cl4OP. The summed E-state index contributed by atoms with van der Waals surface area (Å²) in [4.78, 5) is 0. The van der Waals surface area contributed by atoms with E-state index in [2.05, 4.69) is 0 Å². The highest BCUT2D eigenvalue weighted by atomic mass is 35.5. The molecule has 0 fully saturated rings. The second-order valence-electron chi connectivity index (χ2n) is 7.10. The van der Waals surface area contributed by atoms with E-state index in [0.717, 1.165) is 16.1 Å². The molecule has 0 unspecified atom stereocenters. The summed E-state index contributed by atoms with van der Waals surface area (Å²) in [5.74, 6) is 0. The first-order valence-corrected chi connectivity index (χ1v) is 12.9. The minimum atomic E-state index is -3.11. The van der Waals surface area contributed by atoms with Gasteiger partial charge >= 0.3 is 0 Å². The Morgan fingerprint density at radius 1 is 0.567 bits per heavy atom. The first kappa shape index (κ1) is 21.8. The highest BCUT2D eigenvalue weighted by Gasteiger charge is 2.31. The fraction of sp³-hybridized carbons (Fsp3) is 0.0833. The van der Waals surface area contributed by atoms with E-state index in [1.807, 2.05) is 42.5 Å². The first-order valence-electron chi connectivity index (χ1n) is 9.31. The number of hydrogen-bond acceptors (Lipinski definition) is 1. The van der Waals surface area contributed by atoms with E-state index < -0.39 is 7.14 Å². The van der Waals surface area contributed by atoms with Crippen LogP contribution in [0.25, 0.3) is 10.8 Å². The molecule has 0 aliphatic carbocycles. The molecule has 0 saturated heterocycles. The van der Waals surface area contributed by atoms with Gasteiger partial charge < -0.3 is 4.57 Å². The highest BCUT2D eigenvalue weighted by Crippen LogP contribution is 2.55. The zero-order valence-corrected chi connectivity index (χ0v) is 19.7. The van der Waals surface area contributed by atoms with Gasteiger partial charge in [-0.05, 0) is 46.2 Å². The van der Waals surface area contributed by atoms with Gasteiger partial charge in [-0.2, -0.15) is 0 Å². The van der Waals surface area contributed by atoms with E-state index in [4.69, 9.17) is 46.4 Å². The summed E-state index contributed by atoms with van der Waals surface area (Å²) < 4.78 is 14.7. The Labute approximate surface area is 195 Å². The molecule has 6 heteroatoms. The van der Waals surface area contributed by atoms with Crippen LogP contribution >= 0.6 is 53.5 Å². The molecule has 1 nitrogen and oxygen atoms in total. The zero-order valence-electron chi connectivity index (χ0n) is 15.8. The lowest BCUT2D eigenvalue weighted by molar-refractivity contribution is 0.580. The van der Waals surface area contributed by atoms with Gasteiger partial charge in [-0.1, -0.05) is 101 Å². The molecule has 0 radical (unpaired) electrons. The summed E-state index contributed by atoms with van der Waals surface area (Å²) >= 11 is 25.8. The van der Waals surface area contributed by atoms with Crippen molar-refractivity contribution in [2.24, 2.45) is 0 Å². The van der Waals surface area contributed by atoms with Crippen LogP contribution in [0.4, 0.5) is 0 Å². The lowest BCUT2D eigenvalue weighted by Gasteiger charge is -2.23. The van der Waals surface area contributed by atoms with E-state index in [1.54, 1.807) is 36.4 Å². The molecule has 0 N–H and O–H groups in total. The highest BCUT2D eigenvalue weighted by molar-refractivity contribution is 7.70. The van der Waals surface area contributed by atoms with Gasteiger partial charge in [-0.3, -0.25) is 0 Å². The summed E-state index contributed by atoms with van der Waals surface area (Å²) in [5.41, 5.74) is 1.33. The topological polar surface area (TPSA) is 17.1 Å². The maximum absolute atomic E-state index is 14.7. The number of halogens is 4. The van der Waals surface area contributed by atoms with Gasteiger partial charge in [0.1, 0.15) is 7.14 Å². The Kier molecular flexibility index (Phi) is 6.49. The van der Waals surface area contributed by atoms with Gasteiger partial charge in [-0.25, -0.2) is 0 Å². The lowest BCUT2D eigenvalue weighted by atomic mass is 10.1. The molecule has 30 heavy (non-hydrogen) atoms. The van der Waals surface area contributed by atoms with Crippen LogP contribution in [0, 0.1) is 0 Å². The van der Waals surface area contributed by atoms with Crippen molar-refractivity contribution in [2.45, 2.75) is 12.3 Å². The predicted molar refractivity (Wildman–Crippen MR) is 132 cm³/mol. The predicted octanol–water partition coefficient (Wildman–Crippen LogP) is 8.84. The number of benzene rings is 4. The zero-order chi connectivity index (χ0) is 21.3. The molecule has 4 aromatic rings. The number of hydrogen-bond donors (Lipinski definition) is 0. The SMILES string of the molecule is O=P(Cc1c(Cl)cccc1Cl)(Cc1c(Cl)cccc1Cl)c1cccc2ccccc12. The fourth-order valence-corrected chi connectivity index (χ4v) is 8.26. The van der Waals surface area contributed by atoms with Crippen molar-refractivity contribution >= 4 is 69.6 Å². The minimum Gasteiger partial charge on any atom is -0.318 e. The largest absolute Gasteiger partial charge is 0.318 e. The monoisotopic (exact) mass is 492 g/mol. The molecule has 0 heterocycles. The van der Waals surface area contributed by atoms with Crippen LogP contribution in [-0.2, 0) is 16.9 Å². The van der Waals surface area contributed by atoms with Crippen molar-refractivity contribution in [3.05, 3.63) is 110 Å². The minimum absolute atomic E-state index is 0.209. The Bertz CT molecular complexity index is 1180. The van der Waals surface area contributed by atoms with Crippen LogP contribution in [0.5, 0.6) is 0 Å². The third-order valence-electron chi connectivity index (χ3n) is 5.16. The first-order chi connectivity index (χ1) is 14.4. The molecule has 0 aromatic heterocycles. The molecule has 0 atom stereocenters. The molecule has 152 valence electrons. The average Bonchev–Trinajstić information content (AvgIpc) is 2.73. The van der Waals surface area contributed by atoms with Crippen LogP contribution < -0.4 is 5.30 Å². The number of rotatable bonds is 5. The third kappa shape index (κ3) is 4.28. The van der Waals surface area contributed by atoms with Gasteiger partial charge in [0, 0.05) is 37.7 Å².